The maximum absolute atomic E-state index is 13.2. The van der Waals surface area contributed by atoms with Crippen molar-refractivity contribution in [1.82, 2.24) is 0 Å². The number of hydrogen-bond donors (Lipinski definition) is 1. The lowest BCUT2D eigenvalue weighted by Crippen LogP contribution is -2.27. The van der Waals surface area contributed by atoms with E-state index in [9.17, 15) is 13.6 Å². The maximum Gasteiger partial charge on any atom is 0.320 e. The molecule has 1 N–H and O–H groups in total. The summed E-state index contributed by atoms with van der Waals surface area (Å²) in [5, 5.41) is 8.94. The van der Waals surface area contributed by atoms with Crippen molar-refractivity contribution in [3.63, 3.8) is 0 Å². The van der Waals surface area contributed by atoms with E-state index in [1.807, 2.05) is 0 Å². The predicted molar refractivity (Wildman–Crippen MR) is 50.1 cm³/mol. The zero-order chi connectivity index (χ0) is 11.3. The minimum Gasteiger partial charge on any atom is -0.480 e. The fraction of sp³-hybridized carbons (Fsp3) is 0.364. The van der Waals surface area contributed by atoms with E-state index in [0.717, 1.165) is 0 Å². The molecule has 0 spiro atoms. The number of aliphatic carboxylic acids is 1. The van der Waals surface area contributed by atoms with Crippen LogP contribution in [0.1, 0.15) is 17.5 Å². The van der Waals surface area contributed by atoms with Crippen molar-refractivity contribution in [2.45, 2.75) is 24.7 Å². The van der Waals surface area contributed by atoms with E-state index < -0.39 is 23.7 Å². The molecule has 1 fully saturated rings. The van der Waals surface area contributed by atoms with Gasteiger partial charge in [-0.25, -0.2) is 8.78 Å². The standard InChI is InChI=1S/C11H10F2O2/c1-7-4-2-3-5-8(7)10(9(14)15)6-11(10,12)13/h2-5H,6H2,1H3,(H,14,15). The number of halogens is 2. The van der Waals surface area contributed by atoms with Gasteiger partial charge < -0.3 is 5.11 Å². The van der Waals surface area contributed by atoms with Gasteiger partial charge in [0.15, 0.2) is 5.41 Å². The molecule has 1 aliphatic carbocycles. The molecular weight excluding hydrogens is 202 g/mol. The number of aryl methyl sites for hydroxylation is 1. The third-order valence-electron chi connectivity index (χ3n) is 2.96. The number of carboxylic acids is 1. The van der Waals surface area contributed by atoms with E-state index in [4.69, 9.17) is 5.11 Å². The van der Waals surface area contributed by atoms with Crippen LogP contribution in [0.4, 0.5) is 8.78 Å². The van der Waals surface area contributed by atoms with E-state index in [2.05, 4.69) is 0 Å². The Morgan fingerprint density at radius 3 is 2.33 bits per heavy atom. The molecule has 0 saturated heterocycles. The van der Waals surface area contributed by atoms with Crippen LogP contribution in [0.3, 0.4) is 0 Å². The largest absolute Gasteiger partial charge is 0.480 e. The molecule has 1 atom stereocenters. The fourth-order valence-electron chi connectivity index (χ4n) is 1.98. The zero-order valence-corrected chi connectivity index (χ0v) is 8.13. The molecule has 1 unspecified atom stereocenters. The van der Waals surface area contributed by atoms with E-state index in [0.29, 0.717) is 5.56 Å². The lowest BCUT2D eigenvalue weighted by Gasteiger charge is -2.14. The van der Waals surface area contributed by atoms with Crippen LogP contribution < -0.4 is 0 Å². The highest BCUT2D eigenvalue weighted by Crippen LogP contribution is 2.62. The molecule has 0 heterocycles. The summed E-state index contributed by atoms with van der Waals surface area (Å²) in [6, 6.07) is 6.40. The monoisotopic (exact) mass is 212 g/mol. The van der Waals surface area contributed by atoms with Crippen molar-refractivity contribution in [3.8, 4) is 0 Å². The molecule has 0 aliphatic heterocycles. The molecule has 1 aliphatic rings. The fourth-order valence-corrected chi connectivity index (χ4v) is 1.98. The molecule has 0 bridgehead atoms. The molecule has 0 aromatic heterocycles. The summed E-state index contributed by atoms with van der Waals surface area (Å²) >= 11 is 0. The molecule has 0 radical (unpaired) electrons. The molecule has 4 heteroatoms. The van der Waals surface area contributed by atoms with Crippen LogP contribution in [0.15, 0.2) is 24.3 Å². The zero-order valence-electron chi connectivity index (χ0n) is 8.13. The van der Waals surface area contributed by atoms with Crippen LogP contribution in [0.2, 0.25) is 0 Å². The first-order valence-corrected chi connectivity index (χ1v) is 4.59. The molecule has 2 nitrogen and oxygen atoms in total. The number of hydrogen-bond acceptors (Lipinski definition) is 1. The molecular formula is C11H10F2O2. The van der Waals surface area contributed by atoms with Crippen LogP contribution in [0.25, 0.3) is 0 Å². The second-order valence-electron chi connectivity index (χ2n) is 3.91. The van der Waals surface area contributed by atoms with Crippen LogP contribution in [-0.4, -0.2) is 17.0 Å². The smallest absolute Gasteiger partial charge is 0.320 e. The highest BCUT2D eigenvalue weighted by molar-refractivity contribution is 5.88. The molecule has 1 saturated carbocycles. The third-order valence-corrected chi connectivity index (χ3v) is 2.96. The SMILES string of the molecule is Cc1ccccc1C1(C(=O)O)CC1(F)F. The van der Waals surface area contributed by atoms with Gasteiger partial charge in [-0.3, -0.25) is 4.79 Å². The average molecular weight is 212 g/mol. The van der Waals surface area contributed by atoms with Crippen LogP contribution in [0.5, 0.6) is 0 Å². The number of alkyl halides is 2. The van der Waals surface area contributed by atoms with Crippen molar-refractivity contribution >= 4 is 5.97 Å². The Balaban J connectivity index is 2.55. The van der Waals surface area contributed by atoms with Crippen molar-refractivity contribution in [1.29, 1.82) is 0 Å². The lowest BCUT2D eigenvalue weighted by atomic mass is 9.91. The van der Waals surface area contributed by atoms with Gasteiger partial charge in [-0.15, -0.1) is 0 Å². The number of benzene rings is 1. The lowest BCUT2D eigenvalue weighted by molar-refractivity contribution is -0.143. The first-order valence-electron chi connectivity index (χ1n) is 4.59. The summed E-state index contributed by atoms with van der Waals surface area (Å²) in [4.78, 5) is 11.0. The molecule has 1 aromatic carbocycles. The molecule has 15 heavy (non-hydrogen) atoms. The van der Waals surface area contributed by atoms with E-state index in [-0.39, 0.29) is 5.56 Å². The highest BCUT2D eigenvalue weighted by Gasteiger charge is 2.77. The van der Waals surface area contributed by atoms with Gasteiger partial charge in [0, 0.05) is 6.42 Å². The normalized spacial score (nSPS) is 27.4. The Labute approximate surface area is 85.5 Å². The Kier molecular flexibility index (Phi) is 1.87. The van der Waals surface area contributed by atoms with Crippen LogP contribution in [0, 0.1) is 6.92 Å². The summed E-state index contributed by atoms with van der Waals surface area (Å²) in [6.07, 6.45) is -0.597. The minimum absolute atomic E-state index is 0.225. The molecule has 80 valence electrons. The summed E-state index contributed by atoms with van der Waals surface area (Å²) in [6.45, 7) is 1.65. The molecule has 2 rings (SSSR count). The number of rotatable bonds is 2. The Hall–Kier alpha value is -1.45. The highest BCUT2D eigenvalue weighted by atomic mass is 19.3. The van der Waals surface area contributed by atoms with Gasteiger partial charge in [0.1, 0.15) is 0 Å². The average Bonchev–Trinajstić information content (AvgIpc) is 2.71. The Bertz CT molecular complexity index is 428. The van der Waals surface area contributed by atoms with Gasteiger partial charge >= 0.3 is 5.97 Å². The van der Waals surface area contributed by atoms with Gasteiger partial charge in [-0.2, -0.15) is 0 Å². The number of carboxylic acid groups (broad SMARTS) is 1. The summed E-state index contributed by atoms with van der Waals surface area (Å²) < 4.78 is 26.4. The Morgan fingerprint density at radius 1 is 1.40 bits per heavy atom. The van der Waals surface area contributed by atoms with Gasteiger partial charge in [0.2, 0.25) is 0 Å². The first kappa shape index (κ1) is 10.1. The van der Waals surface area contributed by atoms with Gasteiger partial charge in [-0.1, -0.05) is 24.3 Å². The molecule has 1 aromatic rings. The van der Waals surface area contributed by atoms with E-state index in [1.54, 1.807) is 25.1 Å². The van der Waals surface area contributed by atoms with Gasteiger partial charge in [0.25, 0.3) is 5.92 Å². The molecule has 0 amide bonds. The van der Waals surface area contributed by atoms with Crippen LogP contribution >= 0.6 is 0 Å². The minimum atomic E-state index is -3.12. The maximum atomic E-state index is 13.2. The van der Waals surface area contributed by atoms with Crippen molar-refractivity contribution in [3.05, 3.63) is 35.4 Å². The van der Waals surface area contributed by atoms with E-state index >= 15 is 0 Å². The van der Waals surface area contributed by atoms with Gasteiger partial charge in [-0.05, 0) is 18.1 Å². The third kappa shape index (κ3) is 1.17. The first-order chi connectivity index (χ1) is 6.92. The second-order valence-corrected chi connectivity index (χ2v) is 3.91. The number of carbonyl (C=O) groups is 1. The van der Waals surface area contributed by atoms with Crippen molar-refractivity contribution < 1.29 is 18.7 Å². The summed E-state index contributed by atoms with van der Waals surface area (Å²) in [5.74, 6) is -4.56. The summed E-state index contributed by atoms with van der Waals surface area (Å²) in [7, 11) is 0. The quantitative estimate of drug-likeness (QED) is 0.817. The van der Waals surface area contributed by atoms with Gasteiger partial charge in [0.05, 0.1) is 0 Å². The van der Waals surface area contributed by atoms with E-state index in [1.165, 1.54) is 6.07 Å². The van der Waals surface area contributed by atoms with Crippen molar-refractivity contribution in [2.75, 3.05) is 0 Å². The second kappa shape index (κ2) is 2.78. The van der Waals surface area contributed by atoms with Crippen molar-refractivity contribution in [2.24, 2.45) is 0 Å². The van der Waals surface area contributed by atoms with Crippen LogP contribution in [-0.2, 0) is 10.2 Å². The topological polar surface area (TPSA) is 37.3 Å². The Morgan fingerprint density at radius 2 is 1.93 bits per heavy atom. The summed E-state index contributed by atoms with van der Waals surface area (Å²) in [5.41, 5.74) is -1.17. The predicted octanol–water partition coefficient (Wildman–Crippen LogP) is 2.36.